The average molecular weight is 576 g/mol. The molecular formula is C30H29IN2O2. The molecule has 0 amide bonds. The standard InChI is InChI=1S/C30H29IN2O2/c1-3-16-35-30-26(31)17-20(18-28(30)34-4-2)19-32-22-14-12-21(13-15-22)29-25-10-7-9-23(25)24-8-5-6-11-27(24)33-29/h3,5-9,11-15,17-19,23,25,29,33H,1,4,10,16H2,2H3/t23-,25-,29+/m1/s1. The summed E-state index contributed by atoms with van der Waals surface area (Å²) in [6.45, 7) is 6.70. The average Bonchev–Trinajstić information content (AvgIpc) is 3.38. The van der Waals surface area contributed by atoms with Crippen molar-refractivity contribution < 1.29 is 9.47 Å². The van der Waals surface area contributed by atoms with Crippen LogP contribution in [0.15, 0.2) is 90.5 Å². The van der Waals surface area contributed by atoms with Gasteiger partial charge in [0.25, 0.3) is 0 Å². The lowest BCUT2D eigenvalue weighted by Crippen LogP contribution is -2.28. The van der Waals surface area contributed by atoms with E-state index in [0.717, 1.165) is 32.7 Å². The molecule has 5 rings (SSSR count). The second-order valence-corrected chi connectivity index (χ2v) is 9.94. The molecule has 5 heteroatoms. The van der Waals surface area contributed by atoms with Gasteiger partial charge in [0.05, 0.1) is 21.9 Å². The summed E-state index contributed by atoms with van der Waals surface area (Å²) in [6, 6.07) is 21.6. The number of fused-ring (bicyclic) bond motifs is 3. The van der Waals surface area contributed by atoms with Crippen LogP contribution in [0, 0.1) is 9.49 Å². The molecule has 0 spiro atoms. The maximum atomic E-state index is 5.81. The number of hydrogen-bond acceptors (Lipinski definition) is 4. The SMILES string of the molecule is C=CCOc1c(I)cc(C=Nc2ccc([C@@H]3Nc4ccccc4[C@H]4C=CC[C@H]43)cc2)cc1OCC. The van der Waals surface area contributed by atoms with Crippen molar-refractivity contribution in [1.82, 2.24) is 0 Å². The van der Waals surface area contributed by atoms with E-state index in [1.165, 1.54) is 16.8 Å². The Hall–Kier alpha value is -3.06. The van der Waals surface area contributed by atoms with Crippen molar-refractivity contribution in [2.24, 2.45) is 10.9 Å². The molecule has 0 saturated heterocycles. The number of halogens is 1. The Morgan fingerprint density at radius 3 is 2.74 bits per heavy atom. The van der Waals surface area contributed by atoms with E-state index in [0.29, 0.717) is 31.1 Å². The van der Waals surface area contributed by atoms with Gasteiger partial charge in [0.1, 0.15) is 6.61 Å². The molecule has 178 valence electrons. The third-order valence-corrected chi connectivity index (χ3v) is 7.37. The zero-order valence-corrected chi connectivity index (χ0v) is 21.9. The Balaban J connectivity index is 1.34. The van der Waals surface area contributed by atoms with Crippen molar-refractivity contribution in [2.45, 2.75) is 25.3 Å². The molecule has 3 atom stereocenters. The number of nitrogens with zero attached hydrogens (tertiary/aromatic N) is 1. The van der Waals surface area contributed by atoms with Crippen LogP contribution < -0.4 is 14.8 Å². The highest BCUT2D eigenvalue weighted by molar-refractivity contribution is 14.1. The molecule has 35 heavy (non-hydrogen) atoms. The van der Waals surface area contributed by atoms with Crippen molar-refractivity contribution in [3.63, 3.8) is 0 Å². The summed E-state index contributed by atoms with van der Waals surface area (Å²) in [4.78, 5) is 4.73. The highest BCUT2D eigenvalue weighted by atomic mass is 127. The van der Waals surface area contributed by atoms with E-state index in [1.54, 1.807) is 6.08 Å². The number of aliphatic imine (C=N–C) groups is 1. The summed E-state index contributed by atoms with van der Waals surface area (Å²) in [6.07, 6.45) is 9.42. The second kappa shape index (κ2) is 10.7. The minimum Gasteiger partial charge on any atom is -0.490 e. The van der Waals surface area contributed by atoms with Gasteiger partial charge in [-0.1, -0.05) is 55.1 Å². The molecule has 4 nitrogen and oxygen atoms in total. The van der Waals surface area contributed by atoms with E-state index < -0.39 is 0 Å². The third-order valence-electron chi connectivity index (χ3n) is 6.56. The van der Waals surface area contributed by atoms with Crippen molar-refractivity contribution in [1.29, 1.82) is 0 Å². The first kappa shape index (κ1) is 23.7. The maximum Gasteiger partial charge on any atom is 0.174 e. The lowest BCUT2D eigenvalue weighted by atomic mass is 9.77. The van der Waals surface area contributed by atoms with Gasteiger partial charge in [-0.15, -0.1) is 0 Å². The van der Waals surface area contributed by atoms with E-state index in [9.17, 15) is 0 Å². The first-order valence-electron chi connectivity index (χ1n) is 12.0. The van der Waals surface area contributed by atoms with Crippen LogP contribution >= 0.6 is 22.6 Å². The van der Waals surface area contributed by atoms with Crippen LogP contribution in [0.1, 0.15) is 42.0 Å². The molecule has 0 radical (unpaired) electrons. The largest absolute Gasteiger partial charge is 0.490 e. The van der Waals surface area contributed by atoms with Crippen LogP contribution in [0.25, 0.3) is 0 Å². The number of nitrogens with one attached hydrogen (secondary N) is 1. The Labute approximate surface area is 220 Å². The number of rotatable bonds is 8. The Kier molecular flexibility index (Phi) is 7.23. The zero-order chi connectivity index (χ0) is 24.2. The normalized spacial score (nSPS) is 20.2. The number of benzene rings is 3. The first-order chi connectivity index (χ1) is 17.2. The van der Waals surface area contributed by atoms with Crippen molar-refractivity contribution in [3.8, 4) is 11.5 Å². The molecular weight excluding hydrogens is 547 g/mol. The van der Waals surface area contributed by atoms with Crippen LogP contribution in [-0.2, 0) is 0 Å². The first-order valence-corrected chi connectivity index (χ1v) is 13.1. The fraction of sp³-hybridized carbons (Fsp3) is 0.233. The van der Waals surface area contributed by atoms with Crippen molar-refractivity contribution in [3.05, 3.63) is 106 Å². The number of para-hydroxylation sites is 1. The Morgan fingerprint density at radius 2 is 1.94 bits per heavy atom. The second-order valence-electron chi connectivity index (χ2n) is 8.78. The van der Waals surface area contributed by atoms with Crippen molar-refractivity contribution in [2.75, 3.05) is 18.5 Å². The van der Waals surface area contributed by atoms with Gasteiger partial charge in [0, 0.05) is 17.8 Å². The van der Waals surface area contributed by atoms with Gasteiger partial charge >= 0.3 is 0 Å². The van der Waals surface area contributed by atoms with E-state index in [-0.39, 0.29) is 0 Å². The highest BCUT2D eigenvalue weighted by Gasteiger charge is 2.37. The van der Waals surface area contributed by atoms with E-state index in [1.807, 2.05) is 19.2 Å². The molecule has 1 aliphatic heterocycles. The van der Waals surface area contributed by atoms with E-state index in [2.05, 4.69) is 101 Å². The lowest BCUT2D eigenvalue weighted by Gasteiger charge is -2.37. The molecule has 0 aromatic heterocycles. The molecule has 1 heterocycles. The highest BCUT2D eigenvalue weighted by Crippen LogP contribution is 2.49. The van der Waals surface area contributed by atoms with Gasteiger partial charge in [-0.25, -0.2) is 0 Å². The number of hydrogen-bond donors (Lipinski definition) is 1. The fourth-order valence-electron chi connectivity index (χ4n) is 5.00. The van der Waals surface area contributed by atoms with Gasteiger partial charge in [-0.05, 0) is 88.9 Å². The lowest BCUT2D eigenvalue weighted by molar-refractivity contribution is 0.295. The molecule has 0 saturated carbocycles. The molecule has 1 aliphatic carbocycles. The molecule has 2 aliphatic rings. The number of ether oxygens (including phenoxy) is 2. The van der Waals surface area contributed by atoms with Gasteiger partial charge in [0.2, 0.25) is 0 Å². The van der Waals surface area contributed by atoms with Gasteiger partial charge in [0.15, 0.2) is 11.5 Å². The molecule has 0 unspecified atom stereocenters. The van der Waals surface area contributed by atoms with E-state index >= 15 is 0 Å². The third kappa shape index (κ3) is 5.01. The topological polar surface area (TPSA) is 42.8 Å². The molecule has 0 fully saturated rings. The summed E-state index contributed by atoms with van der Waals surface area (Å²) in [7, 11) is 0. The quantitative estimate of drug-likeness (QED) is 0.169. The van der Waals surface area contributed by atoms with Gasteiger partial charge in [-0.3, -0.25) is 4.99 Å². The fourth-order valence-corrected chi connectivity index (χ4v) is 5.78. The predicted octanol–water partition coefficient (Wildman–Crippen LogP) is 7.83. The van der Waals surface area contributed by atoms with Crippen LogP contribution in [0.3, 0.4) is 0 Å². The summed E-state index contributed by atoms with van der Waals surface area (Å²) in [5, 5.41) is 3.80. The van der Waals surface area contributed by atoms with Crippen LogP contribution in [-0.4, -0.2) is 19.4 Å². The summed E-state index contributed by atoms with van der Waals surface area (Å²) >= 11 is 2.27. The van der Waals surface area contributed by atoms with Crippen LogP contribution in [0.2, 0.25) is 0 Å². The van der Waals surface area contributed by atoms with Gasteiger partial charge in [-0.2, -0.15) is 0 Å². The minimum atomic E-state index is 0.293. The molecule has 3 aromatic rings. The molecule has 1 N–H and O–H groups in total. The van der Waals surface area contributed by atoms with E-state index in [4.69, 9.17) is 14.5 Å². The van der Waals surface area contributed by atoms with Crippen LogP contribution in [0.5, 0.6) is 11.5 Å². The smallest absolute Gasteiger partial charge is 0.174 e. The Morgan fingerprint density at radius 1 is 1.11 bits per heavy atom. The predicted molar refractivity (Wildman–Crippen MR) is 153 cm³/mol. The zero-order valence-electron chi connectivity index (χ0n) is 19.8. The Bertz CT molecular complexity index is 1270. The van der Waals surface area contributed by atoms with Gasteiger partial charge < -0.3 is 14.8 Å². The molecule has 3 aromatic carbocycles. The summed E-state index contributed by atoms with van der Waals surface area (Å²) < 4.78 is 12.6. The molecule has 0 bridgehead atoms. The van der Waals surface area contributed by atoms with Crippen molar-refractivity contribution >= 4 is 40.2 Å². The van der Waals surface area contributed by atoms with Crippen LogP contribution in [0.4, 0.5) is 11.4 Å². The maximum absolute atomic E-state index is 5.81. The summed E-state index contributed by atoms with van der Waals surface area (Å²) in [5.41, 5.74) is 5.84. The monoisotopic (exact) mass is 576 g/mol. The summed E-state index contributed by atoms with van der Waals surface area (Å²) in [5.74, 6) is 2.49. The number of anilines is 1. The minimum absolute atomic E-state index is 0.293. The number of allylic oxidation sites excluding steroid dienone is 2.